The fraction of sp³-hybridized carbons (Fsp3) is 0.111. The van der Waals surface area contributed by atoms with Crippen molar-refractivity contribution in [3.05, 3.63) is 54.2 Å². The Labute approximate surface area is 159 Å². The molecule has 27 heavy (non-hydrogen) atoms. The van der Waals surface area contributed by atoms with Crippen molar-refractivity contribution in [2.45, 2.75) is 24.0 Å². The molecule has 2 aromatic heterocycles. The summed E-state index contributed by atoms with van der Waals surface area (Å²) in [5, 5.41) is 16.0. The summed E-state index contributed by atoms with van der Waals surface area (Å²) in [5.41, 5.74) is 3.88. The Hall–Kier alpha value is -3.33. The van der Waals surface area contributed by atoms with Crippen molar-refractivity contribution in [2.24, 2.45) is 0 Å². The van der Waals surface area contributed by atoms with Crippen molar-refractivity contribution in [3.8, 4) is 5.69 Å². The van der Waals surface area contributed by atoms with Gasteiger partial charge in [-0.1, -0.05) is 18.2 Å². The molecule has 0 radical (unpaired) electrons. The van der Waals surface area contributed by atoms with Gasteiger partial charge in [-0.3, -0.25) is 4.79 Å². The van der Waals surface area contributed by atoms with Crippen molar-refractivity contribution in [1.29, 1.82) is 0 Å². The van der Waals surface area contributed by atoms with Gasteiger partial charge >= 0.3 is 0 Å². The third kappa shape index (κ3) is 3.63. The van der Waals surface area contributed by atoms with Crippen LogP contribution in [0.2, 0.25) is 0 Å². The predicted molar refractivity (Wildman–Crippen MR) is 102 cm³/mol. The van der Waals surface area contributed by atoms with Gasteiger partial charge in [-0.15, -0.1) is 5.10 Å². The molecule has 0 unspecified atom stereocenters. The van der Waals surface area contributed by atoms with E-state index in [4.69, 9.17) is 0 Å². The Morgan fingerprint density at radius 1 is 1.07 bits per heavy atom. The number of para-hydroxylation sites is 2. The summed E-state index contributed by atoms with van der Waals surface area (Å²) in [6.45, 7) is 3.37. The van der Waals surface area contributed by atoms with Crippen LogP contribution in [0.5, 0.6) is 0 Å². The number of fused-ring (bicyclic) bond motifs is 1. The number of nitrogens with zero attached hydrogens (tertiary/aromatic N) is 6. The number of carbonyl (C=O) groups excluding carboxylic acids is 1. The van der Waals surface area contributed by atoms with E-state index in [1.807, 2.05) is 43.3 Å². The second-order valence-corrected chi connectivity index (χ2v) is 6.77. The minimum absolute atomic E-state index is 0.138. The molecule has 0 aliphatic rings. The van der Waals surface area contributed by atoms with Crippen LogP contribution < -0.4 is 5.32 Å². The van der Waals surface area contributed by atoms with Gasteiger partial charge in [-0.05, 0) is 59.4 Å². The minimum Gasteiger partial charge on any atom is -0.326 e. The van der Waals surface area contributed by atoms with Crippen LogP contribution >= 0.6 is 11.8 Å². The van der Waals surface area contributed by atoms with E-state index < -0.39 is 0 Å². The van der Waals surface area contributed by atoms with Crippen molar-refractivity contribution < 1.29 is 4.79 Å². The van der Waals surface area contributed by atoms with Crippen LogP contribution in [0.3, 0.4) is 0 Å². The number of aromatic nitrogens is 6. The van der Waals surface area contributed by atoms with Crippen LogP contribution in [0.4, 0.5) is 5.69 Å². The molecule has 4 rings (SSSR count). The second-order valence-electron chi connectivity index (χ2n) is 5.81. The van der Waals surface area contributed by atoms with Gasteiger partial charge in [0.25, 0.3) is 0 Å². The third-order valence-electron chi connectivity index (χ3n) is 3.74. The molecular formula is C18H15N7OS. The molecule has 1 amide bonds. The number of tetrazole rings is 1. The highest BCUT2D eigenvalue weighted by Gasteiger charge is 2.14. The zero-order valence-corrected chi connectivity index (χ0v) is 15.4. The maximum Gasteiger partial charge on any atom is 0.221 e. The van der Waals surface area contributed by atoms with Crippen molar-refractivity contribution in [1.82, 2.24) is 30.2 Å². The van der Waals surface area contributed by atoms with Gasteiger partial charge in [0, 0.05) is 12.6 Å². The number of hydrogen-bond donors (Lipinski definition) is 1. The lowest BCUT2D eigenvalue weighted by Gasteiger charge is -2.08. The highest BCUT2D eigenvalue weighted by Crippen LogP contribution is 2.29. The molecule has 0 saturated heterocycles. The van der Waals surface area contributed by atoms with Crippen molar-refractivity contribution in [3.63, 3.8) is 0 Å². The SMILES string of the molecule is CC(=O)Nc1cccc(-n2nnnc2Sc2nc3ccccc3nc2C)c1. The fourth-order valence-corrected chi connectivity index (χ4v) is 3.39. The number of aryl methyl sites for hydroxylation is 1. The molecule has 9 heteroatoms. The van der Waals surface area contributed by atoms with Crippen LogP contribution in [-0.4, -0.2) is 36.1 Å². The van der Waals surface area contributed by atoms with E-state index in [0.29, 0.717) is 10.8 Å². The molecule has 0 bridgehead atoms. The van der Waals surface area contributed by atoms with E-state index >= 15 is 0 Å². The number of anilines is 1. The number of benzene rings is 2. The summed E-state index contributed by atoms with van der Waals surface area (Å²) >= 11 is 1.34. The summed E-state index contributed by atoms with van der Waals surface area (Å²) < 4.78 is 1.60. The first-order valence-electron chi connectivity index (χ1n) is 8.18. The van der Waals surface area contributed by atoms with E-state index in [1.54, 1.807) is 16.8 Å². The highest BCUT2D eigenvalue weighted by molar-refractivity contribution is 7.99. The Kier molecular flexibility index (Phi) is 4.51. The molecule has 8 nitrogen and oxygen atoms in total. The third-order valence-corrected chi connectivity index (χ3v) is 4.76. The average molecular weight is 377 g/mol. The molecule has 0 spiro atoms. The number of amides is 1. The molecule has 4 aromatic rings. The van der Waals surface area contributed by atoms with Gasteiger partial charge in [-0.25, -0.2) is 9.97 Å². The van der Waals surface area contributed by atoms with Crippen LogP contribution in [0.25, 0.3) is 16.7 Å². The van der Waals surface area contributed by atoms with Crippen LogP contribution in [0.15, 0.2) is 58.7 Å². The first-order valence-corrected chi connectivity index (χ1v) is 8.99. The van der Waals surface area contributed by atoms with Crippen LogP contribution in [0, 0.1) is 6.92 Å². The fourth-order valence-electron chi connectivity index (χ4n) is 2.58. The second kappa shape index (κ2) is 7.12. The minimum atomic E-state index is -0.138. The maximum atomic E-state index is 11.3. The summed E-state index contributed by atoms with van der Waals surface area (Å²) in [6, 6.07) is 15.0. The lowest BCUT2D eigenvalue weighted by molar-refractivity contribution is -0.114. The van der Waals surface area contributed by atoms with Crippen LogP contribution in [-0.2, 0) is 4.79 Å². The molecule has 0 saturated carbocycles. The highest BCUT2D eigenvalue weighted by atomic mass is 32.2. The van der Waals surface area contributed by atoms with Crippen molar-refractivity contribution in [2.75, 3.05) is 5.32 Å². The molecule has 1 N–H and O–H groups in total. The van der Waals surface area contributed by atoms with E-state index in [-0.39, 0.29) is 5.91 Å². The van der Waals surface area contributed by atoms with E-state index in [9.17, 15) is 4.79 Å². The van der Waals surface area contributed by atoms with Crippen molar-refractivity contribution >= 4 is 34.4 Å². The molecule has 2 heterocycles. The summed E-state index contributed by atoms with van der Waals surface area (Å²) in [7, 11) is 0. The van der Waals surface area contributed by atoms with Crippen LogP contribution in [0.1, 0.15) is 12.6 Å². The average Bonchev–Trinajstić information content (AvgIpc) is 3.10. The Bertz CT molecular complexity index is 1140. The van der Waals surface area contributed by atoms with E-state index in [2.05, 4.69) is 30.8 Å². The Morgan fingerprint density at radius 3 is 2.63 bits per heavy atom. The Morgan fingerprint density at radius 2 is 1.85 bits per heavy atom. The topological polar surface area (TPSA) is 98.5 Å². The lowest BCUT2D eigenvalue weighted by Crippen LogP contribution is -2.07. The Balaban J connectivity index is 1.69. The normalized spacial score (nSPS) is 10.9. The molecule has 0 atom stereocenters. The standard InChI is InChI=1S/C18H15N7OS/c1-11-17(21-16-9-4-3-8-15(16)19-11)27-18-22-23-24-25(18)14-7-5-6-13(10-14)20-12(2)26/h3-10H,1-2H3,(H,20,26). The van der Waals surface area contributed by atoms with Gasteiger partial charge in [-0.2, -0.15) is 4.68 Å². The number of hydrogen-bond acceptors (Lipinski definition) is 7. The summed E-state index contributed by atoms with van der Waals surface area (Å²) in [5.74, 6) is -0.138. The van der Waals surface area contributed by atoms with Gasteiger partial charge in [0.05, 0.1) is 22.4 Å². The zero-order valence-electron chi connectivity index (χ0n) is 14.6. The van der Waals surface area contributed by atoms with Gasteiger partial charge in [0.2, 0.25) is 11.1 Å². The molecule has 134 valence electrons. The quantitative estimate of drug-likeness (QED) is 0.583. The molecule has 2 aromatic carbocycles. The molecule has 0 aliphatic heterocycles. The first kappa shape index (κ1) is 17.1. The van der Waals surface area contributed by atoms with E-state index in [1.165, 1.54) is 18.7 Å². The van der Waals surface area contributed by atoms with Gasteiger partial charge in [0.15, 0.2) is 0 Å². The monoisotopic (exact) mass is 377 g/mol. The first-order chi connectivity index (χ1) is 13.1. The summed E-state index contributed by atoms with van der Waals surface area (Å²) in [6.07, 6.45) is 0. The maximum absolute atomic E-state index is 11.3. The lowest BCUT2D eigenvalue weighted by atomic mass is 10.3. The molecular weight excluding hydrogens is 362 g/mol. The number of rotatable bonds is 4. The number of nitrogens with one attached hydrogen (secondary N) is 1. The zero-order chi connectivity index (χ0) is 18.8. The molecule has 0 fully saturated rings. The predicted octanol–water partition coefficient (Wildman–Crippen LogP) is 3.02. The largest absolute Gasteiger partial charge is 0.326 e. The van der Waals surface area contributed by atoms with Gasteiger partial charge < -0.3 is 5.32 Å². The van der Waals surface area contributed by atoms with Gasteiger partial charge in [0.1, 0.15) is 5.03 Å². The number of carbonyl (C=O) groups is 1. The smallest absolute Gasteiger partial charge is 0.221 e. The van der Waals surface area contributed by atoms with E-state index in [0.717, 1.165) is 27.4 Å². The summed E-state index contributed by atoms with van der Waals surface area (Å²) in [4.78, 5) is 20.6. The molecule has 0 aliphatic carbocycles.